The zero-order chi connectivity index (χ0) is 13.3. The molecule has 0 aliphatic rings. The van der Waals surface area contributed by atoms with E-state index in [1.807, 2.05) is 0 Å². The largest absolute Gasteiger partial charge is 0.296 e. The van der Waals surface area contributed by atoms with E-state index in [4.69, 9.17) is 46.4 Å². The molecule has 0 atom stereocenters. The van der Waals surface area contributed by atoms with Crippen molar-refractivity contribution >= 4 is 52.7 Å². The fourth-order valence-corrected chi connectivity index (χ4v) is 2.31. The summed E-state index contributed by atoms with van der Waals surface area (Å²) in [5.74, 6) is 0. The first kappa shape index (κ1) is 13.6. The van der Waals surface area contributed by atoms with Crippen LogP contribution in [0.25, 0.3) is 11.3 Å². The summed E-state index contributed by atoms with van der Waals surface area (Å²) in [7, 11) is 0. The lowest BCUT2D eigenvalue weighted by Gasteiger charge is -2.08. The molecule has 0 bridgehead atoms. The van der Waals surface area contributed by atoms with Crippen molar-refractivity contribution in [2.75, 3.05) is 0 Å². The minimum Gasteiger partial charge on any atom is -0.296 e. The van der Waals surface area contributed by atoms with Gasteiger partial charge in [-0.25, -0.2) is 4.98 Å². The summed E-state index contributed by atoms with van der Waals surface area (Å²) in [6, 6.07) is 6.38. The van der Waals surface area contributed by atoms with Gasteiger partial charge in [0.05, 0.1) is 25.8 Å². The second-order valence-corrected chi connectivity index (χ2v) is 5.00. The van der Waals surface area contributed by atoms with Gasteiger partial charge in [0, 0.05) is 5.56 Å². The van der Waals surface area contributed by atoms with Crippen LogP contribution >= 0.6 is 46.4 Å². The molecule has 0 spiro atoms. The van der Waals surface area contributed by atoms with Crippen LogP contribution in [0.1, 0.15) is 10.5 Å². The topological polar surface area (TPSA) is 30.0 Å². The zero-order valence-electron chi connectivity index (χ0n) is 8.75. The van der Waals surface area contributed by atoms with Gasteiger partial charge in [-0.15, -0.1) is 0 Å². The molecule has 18 heavy (non-hydrogen) atoms. The van der Waals surface area contributed by atoms with E-state index in [-0.39, 0.29) is 15.7 Å². The van der Waals surface area contributed by atoms with Crippen LogP contribution in [0, 0.1) is 0 Å². The lowest BCUT2D eigenvalue weighted by atomic mass is 10.1. The molecule has 0 saturated carbocycles. The summed E-state index contributed by atoms with van der Waals surface area (Å²) in [4.78, 5) is 14.9. The van der Waals surface area contributed by atoms with Crippen molar-refractivity contribution in [3.63, 3.8) is 0 Å². The van der Waals surface area contributed by atoms with Crippen LogP contribution in [0.15, 0.2) is 24.3 Å². The van der Waals surface area contributed by atoms with Crippen LogP contribution in [0.5, 0.6) is 0 Å². The van der Waals surface area contributed by atoms with Crippen molar-refractivity contribution in [3.05, 3.63) is 50.0 Å². The minimum absolute atomic E-state index is 0.126. The molecule has 0 aliphatic heterocycles. The summed E-state index contributed by atoms with van der Waals surface area (Å²) in [6.07, 6.45) is 0.568. The third-order valence-electron chi connectivity index (χ3n) is 2.28. The fraction of sp³-hybridized carbons (Fsp3) is 0. The maximum absolute atomic E-state index is 10.8. The van der Waals surface area contributed by atoms with Gasteiger partial charge in [0.2, 0.25) is 0 Å². The van der Waals surface area contributed by atoms with Crippen molar-refractivity contribution in [1.29, 1.82) is 0 Å². The number of carbonyl (C=O) groups excluding carboxylic acids is 1. The van der Waals surface area contributed by atoms with Crippen molar-refractivity contribution in [2.45, 2.75) is 0 Å². The molecule has 0 aliphatic carbocycles. The molecule has 0 unspecified atom stereocenters. The third-order valence-corrected chi connectivity index (χ3v) is 3.72. The molecule has 92 valence electrons. The van der Waals surface area contributed by atoms with Gasteiger partial charge >= 0.3 is 0 Å². The molecule has 2 rings (SSSR count). The third kappa shape index (κ3) is 2.47. The number of halogens is 4. The Morgan fingerprint density at radius 3 is 2.17 bits per heavy atom. The van der Waals surface area contributed by atoms with Gasteiger partial charge < -0.3 is 0 Å². The van der Waals surface area contributed by atoms with E-state index < -0.39 is 0 Å². The van der Waals surface area contributed by atoms with Gasteiger partial charge in [-0.3, -0.25) is 4.79 Å². The van der Waals surface area contributed by atoms with E-state index in [0.717, 1.165) is 0 Å². The highest BCUT2D eigenvalue weighted by Gasteiger charge is 2.14. The van der Waals surface area contributed by atoms with Crippen molar-refractivity contribution in [3.8, 4) is 11.3 Å². The van der Waals surface area contributed by atoms with Crippen LogP contribution in [-0.4, -0.2) is 11.3 Å². The van der Waals surface area contributed by atoms with E-state index in [1.54, 1.807) is 24.3 Å². The van der Waals surface area contributed by atoms with E-state index in [1.165, 1.54) is 0 Å². The van der Waals surface area contributed by atoms with E-state index in [9.17, 15) is 4.79 Å². The van der Waals surface area contributed by atoms with Crippen LogP contribution in [0.2, 0.25) is 20.1 Å². The predicted octanol–water partition coefficient (Wildman–Crippen LogP) is 5.17. The Hall–Kier alpha value is -0.800. The zero-order valence-corrected chi connectivity index (χ0v) is 11.8. The Balaban J connectivity index is 2.69. The predicted molar refractivity (Wildman–Crippen MR) is 75.1 cm³/mol. The highest BCUT2D eigenvalue weighted by molar-refractivity contribution is 6.46. The molecule has 2 nitrogen and oxygen atoms in total. The molecule has 2 aromatic rings. The maximum atomic E-state index is 10.8. The van der Waals surface area contributed by atoms with E-state index in [0.29, 0.717) is 27.6 Å². The van der Waals surface area contributed by atoms with Crippen LogP contribution in [0.4, 0.5) is 0 Å². The Kier molecular flexibility index (Phi) is 4.13. The van der Waals surface area contributed by atoms with Crippen molar-refractivity contribution in [2.24, 2.45) is 0 Å². The van der Waals surface area contributed by atoms with Gasteiger partial charge in [0.25, 0.3) is 0 Å². The number of hydrogen-bond donors (Lipinski definition) is 0. The number of benzene rings is 1. The highest BCUT2D eigenvalue weighted by atomic mass is 35.5. The number of aldehydes is 1. The van der Waals surface area contributed by atoms with Gasteiger partial charge in [0.1, 0.15) is 5.69 Å². The molecule has 0 saturated heterocycles. The van der Waals surface area contributed by atoms with Crippen molar-refractivity contribution in [1.82, 2.24) is 4.98 Å². The molecular formula is C12H5Cl4NO. The molecule has 0 radical (unpaired) electrons. The summed E-state index contributed by atoms with van der Waals surface area (Å²) < 4.78 is 0. The number of pyridine rings is 1. The van der Waals surface area contributed by atoms with Gasteiger partial charge in [0.15, 0.2) is 6.29 Å². The van der Waals surface area contributed by atoms with Crippen LogP contribution in [-0.2, 0) is 0 Å². The summed E-state index contributed by atoms with van der Waals surface area (Å²) in [5.41, 5.74) is 1.05. The molecule has 1 aromatic carbocycles. The summed E-state index contributed by atoms with van der Waals surface area (Å²) in [5, 5.41) is 1.32. The summed E-state index contributed by atoms with van der Waals surface area (Å²) >= 11 is 23.9. The number of nitrogens with zero attached hydrogens (tertiary/aromatic N) is 1. The maximum Gasteiger partial charge on any atom is 0.169 e. The molecule has 0 N–H and O–H groups in total. The molecule has 0 fully saturated rings. The van der Waals surface area contributed by atoms with E-state index >= 15 is 0 Å². The standard InChI is InChI=1S/C12H5Cl4NO/c13-6-3-4-9(17-10(6)5-18)11-7(14)1-2-8(15)12(11)16/h1-5H. The minimum atomic E-state index is 0.126. The number of rotatable bonds is 2. The average Bonchev–Trinajstić information content (AvgIpc) is 2.36. The Morgan fingerprint density at radius 1 is 0.889 bits per heavy atom. The molecule has 6 heteroatoms. The van der Waals surface area contributed by atoms with Crippen LogP contribution < -0.4 is 0 Å². The summed E-state index contributed by atoms with van der Waals surface area (Å²) in [6.45, 7) is 0. The van der Waals surface area contributed by atoms with Crippen LogP contribution in [0.3, 0.4) is 0 Å². The monoisotopic (exact) mass is 319 g/mol. The normalized spacial score (nSPS) is 10.4. The van der Waals surface area contributed by atoms with Gasteiger partial charge in [-0.05, 0) is 24.3 Å². The van der Waals surface area contributed by atoms with E-state index in [2.05, 4.69) is 4.98 Å². The quantitative estimate of drug-likeness (QED) is 0.564. The Morgan fingerprint density at radius 2 is 1.50 bits per heavy atom. The highest BCUT2D eigenvalue weighted by Crippen LogP contribution is 2.38. The molecule has 1 heterocycles. The number of hydrogen-bond acceptors (Lipinski definition) is 2. The molecular weight excluding hydrogens is 316 g/mol. The molecule has 0 amide bonds. The molecule has 1 aromatic heterocycles. The first-order valence-corrected chi connectivity index (χ1v) is 6.31. The lowest BCUT2D eigenvalue weighted by molar-refractivity contribution is 0.111. The lowest BCUT2D eigenvalue weighted by Crippen LogP contribution is -1.93. The SMILES string of the molecule is O=Cc1nc(-c2c(Cl)ccc(Cl)c2Cl)ccc1Cl. The Labute approximate surface area is 123 Å². The Bertz CT molecular complexity index is 628. The second kappa shape index (κ2) is 5.45. The first-order valence-electron chi connectivity index (χ1n) is 4.80. The number of aromatic nitrogens is 1. The van der Waals surface area contributed by atoms with Gasteiger partial charge in [-0.2, -0.15) is 0 Å². The fourth-order valence-electron chi connectivity index (χ4n) is 1.44. The first-order chi connectivity index (χ1) is 8.54. The number of carbonyl (C=O) groups is 1. The second-order valence-electron chi connectivity index (χ2n) is 3.40. The van der Waals surface area contributed by atoms with Gasteiger partial charge in [-0.1, -0.05) is 46.4 Å². The smallest absolute Gasteiger partial charge is 0.169 e. The average molecular weight is 321 g/mol. The van der Waals surface area contributed by atoms with Crippen molar-refractivity contribution < 1.29 is 4.79 Å².